The minimum Gasteiger partial charge on any atom is -0.470 e. The van der Waals surface area contributed by atoms with Gasteiger partial charge in [0.05, 0.1) is 16.9 Å². The van der Waals surface area contributed by atoms with Crippen LogP contribution in [0.4, 0.5) is 14.6 Å². The van der Waals surface area contributed by atoms with Crippen molar-refractivity contribution in [3.8, 4) is 17.1 Å². The molecule has 0 spiro atoms. The summed E-state index contributed by atoms with van der Waals surface area (Å²) in [5, 5.41) is -0.375. The van der Waals surface area contributed by atoms with Crippen LogP contribution in [0.3, 0.4) is 0 Å². The van der Waals surface area contributed by atoms with Gasteiger partial charge in [0.15, 0.2) is 5.82 Å². The Labute approximate surface area is 188 Å². The topological polar surface area (TPSA) is 107 Å². The average molecular weight is 460 g/mol. The van der Waals surface area contributed by atoms with Crippen LogP contribution >= 0.6 is 11.6 Å². The van der Waals surface area contributed by atoms with Gasteiger partial charge in [0, 0.05) is 35.8 Å². The summed E-state index contributed by atoms with van der Waals surface area (Å²) < 4.78 is 33.1. The van der Waals surface area contributed by atoms with Gasteiger partial charge in [0.25, 0.3) is 11.8 Å². The zero-order chi connectivity index (χ0) is 22.8. The van der Waals surface area contributed by atoms with Gasteiger partial charge in [-0.05, 0) is 30.7 Å². The van der Waals surface area contributed by atoms with E-state index in [9.17, 15) is 13.6 Å². The Morgan fingerprint density at radius 3 is 2.78 bits per heavy atom. The number of halogens is 3. The lowest BCUT2D eigenvalue weighted by molar-refractivity contribution is 0.0791. The van der Waals surface area contributed by atoms with Gasteiger partial charge < -0.3 is 21.1 Å². The molecule has 1 fully saturated rings. The van der Waals surface area contributed by atoms with Crippen LogP contribution in [0, 0.1) is 11.6 Å². The molecule has 2 heterocycles. The van der Waals surface area contributed by atoms with Crippen LogP contribution in [0.15, 0.2) is 42.6 Å². The molecule has 0 unspecified atom stereocenters. The Balaban J connectivity index is 1.57. The predicted molar refractivity (Wildman–Crippen MR) is 116 cm³/mol. The van der Waals surface area contributed by atoms with Crippen LogP contribution in [0.2, 0.25) is 5.02 Å². The summed E-state index contributed by atoms with van der Waals surface area (Å²) in [6, 6.07) is 8.78. The van der Waals surface area contributed by atoms with Crippen LogP contribution in [-0.2, 0) is 6.61 Å². The zero-order valence-corrected chi connectivity index (χ0v) is 17.6. The third-order valence-electron chi connectivity index (χ3n) is 5.18. The highest BCUT2D eigenvalue weighted by atomic mass is 35.5. The van der Waals surface area contributed by atoms with Gasteiger partial charge in [-0.3, -0.25) is 4.79 Å². The van der Waals surface area contributed by atoms with Crippen LogP contribution in [0.1, 0.15) is 22.3 Å². The Bertz CT molecular complexity index is 1180. The molecular formula is C22H20ClF2N5O2. The summed E-state index contributed by atoms with van der Waals surface area (Å²) in [5.41, 5.74) is 13.1. The smallest absolute Gasteiger partial charge is 0.258 e. The summed E-state index contributed by atoms with van der Waals surface area (Å²) in [6.45, 7) is 0.740. The molecule has 1 amide bonds. The van der Waals surface area contributed by atoms with E-state index in [4.69, 9.17) is 27.8 Å². The van der Waals surface area contributed by atoms with Crippen LogP contribution in [-0.4, -0.2) is 39.9 Å². The SMILES string of the molecule is Nc1ncc(-c2cccc(C(=O)N3CC[C@H](N)C3)c2)nc1OCc1c(F)ccc(F)c1Cl. The molecule has 1 saturated heterocycles. The fourth-order valence-electron chi connectivity index (χ4n) is 3.43. The number of nitrogens with two attached hydrogens (primary N) is 2. The number of benzene rings is 2. The number of anilines is 1. The molecule has 2 aromatic carbocycles. The number of hydrogen-bond acceptors (Lipinski definition) is 6. The Hall–Kier alpha value is -3.30. The molecule has 4 rings (SSSR count). The van der Waals surface area contributed by atoms with E-state index in [0.717, 1.165) is 18.6 Å². The lowest BCUT2D eigenvalue weighted by atomic mass is 10.1. The normalized spacial score (nSPS) is 15.8. The summed E-state index contributed by atoms with van der Waals surface area (Å²) >= 11 is 5.84. The number of amides is 1. The second kappa shape index (κ2) is 9.05. The molecule has 0 bridgehead atoms. The zero-order valence-electron chi connectivity index (χ0n) is 16.9. The number of nitrogens with zero attached hydrogens (tertiary/aromatic N) is 3. The molecule has 10 heteroatoms. The minimum atomic E-state index is -0.764. The summed E-state index contributed by atoms with van der Waals surface area (Å²) in [4.78, 5) is 22.9. The number of carbonyl (C=O) groups excluding carboxylic acids is 1. The molecule has 1 aliphatic heterocycles. The maximum atomic E-state index is 14.0. The molecule has 7 nitrogen and oxygen atoms in total. The van der Waals surface area contributed by atoms with E-state index in [1.54, 1.807) is 29.2 Å². The predicted octanol–water partition coefficient (Wildman–Crippen LogP) is 3.41. The first-order valence-corrected chi connectivity index (χ1v) is 10.2. The van der Waals surface area contributed by atoms with E-state index < -0.39 is 18.2 Å². The van der Waals surface area contributed by atoms with E-state index in [2.05, 4.69) is 9.97 Å². The quantitative estimate of drug-likeness (QED) is 0.566. The van der Waals surface area contributed by atoms with Gasteiger partial charge >= 0.3 is 0 Å². The van der Waals surface area contributed by atoms with Gasteiger partial charge in [0.1, 0.15) is 18.2 Å². The number of rotatable bonds is 5. The standard InChI is InChI=1S/C22H20ClF2N5O2/c23-19-15(16(24)4-5-17(19)25)11-32-21-20(27)28-9-18(29-21)12-2-1-3-13(8-12)22(31)30-7-6-14(26)10-30/h1-5,8-9,14H,6-7,10-11,26H2,(H2,27,28)/t14-/m0/s1. The number of hydrogen-bond donors (Lipinski definition) is 2. The Kier molecular flexibility index (Phi) is 6.20. The van der Waals surface area contributed by atoms with Crippen LogP contribution in [0.5, 0.6) is 5.88 Å². The summed E-state index contributed by atoms with van der Waals surface area (Å²) in [5.74, 6) is -1.69. The van der Waals surface area contributed by atoms with E-state index >= 15 is 0 Å². The largest absolute Gasteiger partial charge is 0.470 e. The lowest BCUT2D eigenvalue weighted by Gasteiger charge is -2.16. The van der Waals surface area contributed by atoms with Crippen molar-refractivity contribution in [2.75, 3.05) is 18.8 Å². The highest BCUT2D eigenvalue weighted by molar-refractivity contribution is 6.31. The van der Waals surface area contributed by atoms with Gasteiger partial charge in [-0.2, -0.15) is 0 Å². The molecule has 0 saturated carbocycles. The molecule has 1 atom stereocenters. The molecule has 0 aliphatic carbocycles. The van der Waals surface area contributed by atoms with Gasteiger partial charge in [-0.1, -0.05) is 23.7 Å². The number of ether oxygens (including phenoxy) is 1. The fourth-order valence-corrected chi connectivity index (χ4v) is 3.64. The summed E-state index contributed by atoms with van der Waals surface area (Å²) in [7, 11) is 0. The fraction of sp³-hybridized carbons (Fsp3) is 0.227. The minimum absolute atomic E-state index is 0.0127. The maximum Gasteiger partial charge on any atom is 0.258 e. The first-order chi connectivity index (χ1) is 15.3. The van der Waals surface area contributed by atoms with E-state index in [1.807, 2.05) is 0 Å². The van der Waals surface area contributed by atoms with Gasteiger partial charge in [-0.25, -0.2) is 18.7 Å². The molecule has 1 aliphatic rings. The molecule has 166 valence electrons. The van der Waals surface area contributed by atoms with Crippen molar-refractivity contribution in [2.45, 2.75) is 19.1 Å². The highest BCUT2D eigenvalue weighted by Gasteiger charge is 2.24. The van der Waals surface area contributed by atoms with Crippen molar-refractivity contribution < 1.29 is 18.3 Å². The summed E-state index contributed by atoms with van der Waals surface area (Å²) in [6.07, 6.45) is 2.21. The van der Waals surface area contributed by atoms with Crippen molar-refractivity contribution in [3.63, 3.8) is 0 Å². The first-order valence-electron chi connectivity index (χ1n) is 9.86. The van der Waals surface area contributed by atoms with Gasteiger partial charge in [-0.15, -0.1) is 0 Å². The molecule has 1 aromatic heterocycles. The molecule has 32 heavy (non-hydrogen) atoms. The second-order valence-electron chi connectivity index (χ2n) is 7.44. The number of aromatic nitrogens is 2. The lowest BCUT2D eigenvalue weighted by Crippen LogP contribution is -2.31. The molecule has 4 N–H and O–H groups in total. The molecular weight excluding hydrogens is 440 g/mol. The van der Waals surface area contributed by atoms with E-state index in [1.165, 1.54) is 6.20 Å². The third-order valence-corrected chi connectivity index (χ3v) is 5.59. The number of carbonyl (C=O) groups is 1. The van der Waals surface area contributed by atoms with Crippen molar-refractivity contribution in [2.24, 2.45) is 5.73 Å². The van der Waals surface area contributed by atoms with E-state index in [0.29, 0.717) is 29.9 Å². The first kappa shape index (κ1) is 21.9. The van der Waals surface area contributed by atoms with Crippen molar-refractivity contribution in [1.29, 1.82) is 0 Å². The Morgan fingerprint density at radius 1 is 1.25 bits per heavy atom. The van der Waals surface area contributed by atoms with Gasteiger partial charge in [0.2, 0.25) is 0 Å². The number of nitrogen functional groups attached to an aromatic ring is 1. The monoisotopic (exact) mass is 459 g/mol. The third kappa shape index (κ3) is 4.49. The number of likely N-dealkylation sites (tertiary alicyclic amines) is 1. The second-order valence-corrected chi connectivity index (χ2v) is 7.81. The Morgan fingerprint density at radius 2 is 2.03 bits per heavy atom. The van der Waals surface area contributed by atoms with Crippen molar-refractivity contribution >= 4 is 23.3 Å². The van der Waals surface area contributed by atoms with Crippen LogP contribution in [0.25, 0.3) is 11.3 Å². The average Bonchev–Trinajstić information content (AvgIpc) is 3.23. The molecule has 3 aromatic rings. The maximum absolute atomic E-state index is 14.0. The van der Waals surface area contributed by atoms with Crippen molar-refractivity contribution in [3.05, 3.63) is 70.4 Å². The van der Waals surface area contributed by atoms with Crippen molar-refractivity contribution in [1.82, 2.24) is 14.9 Å². The van der Waals surface area contributed by atoms with Crippen LogP contribution < -0.4 is 16.2 Å². The highest BCUT2D eigenvalue weighted by Crippen LogP contribution is 2.27. The molecule has 0 radical (unpaired) electrons. The van der Waals surface area contributed by atoms with E-state index in [-0.39, 0.29) is 34.2 Å².